The lowest BCUT2D eigenvalue weighted by atomic mass is 10.1. The van der Waals surface area contributed by atoms with E-state index in [2.05, 4.69) is 29.7 Å². The lowest BCUT2D eigenvalue weighted by molar-refractivity contribution is 0.209. The third kappa shape index (κ3) is 3.31. The average molecular weight is 398 g/mol. The number of aryl methyl sites for hydroxylation is 1. The van der Waals surface area contributed by atoms with E-state index in [1.165, 1.54) is 3.97 Å². The second-order valence-corrected chi connectivity index (χ2v) is 9.57. The first kappa shape index (κ1) is 19.0. The summed E-state index contributed by atoms with van der Waals surface area (Å²) in [7, 11) is -3.62. The molecule has 1 aromatic heterocycles. The predicted molar refractivity (Wildman–Crippen MR) is 115 cm³/mol. The monoisotopic (exact) mass is 397 g/mol. The first-order valence-corrected chi connectivity index (χ1v) is 11.2. The Bertz CT molecular complexity index is 1080. The van der Waals surface area contributed by atoms with Crippen molar-refractivity contribution in [3.05, 3.63) is 60.3 Å². The van der Waals surface area contributed by atoms with E-state index in [1.54, 1.807) is 18.3 Å². The molecule has 0 spiro atoms. The van der Waals surface area contributed by atoms with Crippen LogP contribution in [-0.4, -0.2) is 49.5 Å². The maximum atomic E-state index is 13.2. The molecule has 1 aliphatic rings. The molecule has 0 radical (unpaired) electrons. The third-order valence-corrected chi connectivity index (χ3v) is 7.34. The Labute approximate surface area is 167 Å². The molecule has 0 unspecified atom stereocenters. The van der Waals surface area contributed by atoms with E-state index in [4.69, 9.17) is 0 Å². The van der Waals surface area contributed by atoms with Crippen LogP contribution in [0.2, 0.25) is 0 Å². The summed E-state index contributed by atoms with van der Waals surface area (Å²) in [6.45, 7) is 10.4. The fourth-order valence-corrected chi connectivity index (χ4v) is 5.26. The smallest absolute Gasteiger partial charge is 0.268 e. The molecule has 1 saturated heterocycles. The van der Waals surface area contributed by atoms with Gasteiger partial charge in [-0.3, -0.25) is 4.90 Å². The van der Waals surface area contributed by atoms with Crippen LogP contribution in [-0.2, 0) is 10.0 Å². The Balaban J connectivity index is 1.70. The molecular formula is C22H27N3O2S. The van der Waals surface area contributed by atoms with Crippen molar-refractivity contribution in [1.82, 2.24) is 8.87 Å². The van der Waals surface area contributed by atoms with Crippen LogP contribution in [0.15, 0.2) is 59.6 Å². The first-order chi connectivity index (χ1) is 13.4. The third-order valence-electron chi connectivity index (χ3n) is 5.64. The standard InChI is InChI=1S/C22H27N3O2S/c1-17(2)23-13-15-24(16-14-23)21-5-4-6-22-20(21)11-12-25(22)28(26,27)19-9-7-18(3)8-10-19/h4-12,17H,13-16H2,1-3H3. The van der Waals surface area contributed by atoms with Gasteiger partial charge in [-0.1, -0.05) is 23.8 Å². The van der Waals surface area contributed by atoms with Crippen LogP contribution in [0.3, 0.4) is 0 Å². The van der Waals surface area contributed by atoms with Crippen molar-refractivity contribution in [1.29, 1.82) is 0 Å². The van der Waals surface area contributed by atoms with Gasteiger partial charge in [0.1, 0.15) is 0 Å². The van der Waals surface area contributed by atoms with E-state index in [-0.39, 0.29) is 0 Å². The van der Waals surface area contributed by atoms with Crippen molar-refractivity contribution >= 4 is 26.6 Å². The largest absolute Gasteiger partial charge is 0.368 e. The van der Waals surface area contributed by atoms with Gasteiger partial charge in [-0.2, -0.15) is 0 Å². The Morgan fingerprint density at radius 3 is 2.21 bits per heavy atom. The second-order valence-electron chi connectivity index (χ2n) is 7.76. The van der Waals surface area contributed by atoms with Gasteiger partial charge in [0, 0.05) is 49.5 Å². The summed E-state index contributed by atoms with van der Waals surface area (Å²) in [5.74, 6) is 0. The van der Waals surface area contributed by atoms with E-state index in [9.17, 15) is 8.42 Å². The Morgan fingerprint density at radius 1 is 0.893 bits per heavy atom. The molecule has 0 bridgehead atoms. The summed E-state index contributed by atoms with van der Waals surface area (Å²) in [6, 6.07) is 15.4. The number of fused-ring (bicyclic) bond motifs is 1. The summed E-state index contributed by atoms with van der Waals surface area (Å²) < 4.78 is 27.7. The van der Waals surface area contributed by atoms with Crippen molar-refractivity contribution in [2.75, 3.05) is 31.1 Å². The molecule has 3 aromatic rings. The van der Waals surface area contributed by atoms with Crippen LogP contribution >= 0.6 is 0 Å². The first-order valence-electron chi connectivity index (χ1n) is 9.79. The Kier molecular flexibility index (Phi) is 4.93. The number of benzene rings is 2. The topological polar surface area (TPSA) is 45.6 Å². The number of hydrogen-bond acceptors (Lipinski definition) is 4. The molecule has 148 valence electrons. The molecule has 0 saturated carbocycles. The van der Waals surface area contributed by atoms with E-state index in [0.29, 0.717) is 10.9 Å². The number of aromatic nitrogens is 1. The highest BCUT2D eigenvalue weighted by molar-refractivity contribution is 7.90. The van der Waals surface area contributed by atoms with Gasteiger partial charge in [-0.05, 0) is 51.1 Å². The minimum absolute atomic E-state index is 0.312. The second kappa shape index (κ2) is 7.26. The number of rotatable bonds is 4. The molecule has 6 heteroatoms. The molecule has 4 rings (SSSR count). The van der Waals surface area contributed by atoms with Crippen molar-refractivity contribution in [2.24, 2.45) is 0 Å². The van der Waals surface area contributed by atoms with E-state index in [1.807, 2.05) is 37.3 Å². The number of hydrogen-bond donors (Lipinski definition) is 0. The molecule has 2 heterocycles. The molecule has 0 N–H and O–H groups in total. The molecule has 28 heavy (non-hydrogen) atoms. The van der Waals surface area contributed by atoms with E-state index >= 15 is 0 Å². The van der Waals surface area contributed by atoms with Crippen molar-refractivity contribution < 1.29 is 8.42 Å². The van der Waals surface area contributed by atoms with E-state index < -0.39 is 10.0 Å². The lowest BCUT2D eigenvalue weighted by Gasteiger charge is -2.38. The van der Waals surface area contributed by atoms with Gasteiger partial charge in [0.2, 0.25) is 0 Å². The molecular weight excluding hydrogens is 370 g/mol. The van der Waals surface area contributed by atoms with Gasteiger partial charge in [0.15, 0.2) is 0 Å². The van der Waals surface area contributed by atoms with Crippen molar-refractivity contribution in [3.8, 4) is 0 Å². The van der Waals surface area contributed by atoms with Crippen LogP contribution in [0.4, 0.5) is 5.69 Å². The minimum Gasteiger partial charge on any atom is -0.368 e. The minimum atomic E-state index is -3.62. The van der Waals surface area contributed by atoms with Crippen LogP contribution in [0.5, 0.6) is 0 Å². The molecule has 2 aromatic carbocycles. The molecule has 5 nitrogen and oxygen atoms in total. The number of nitrogens with zero attached hydrogens (tertiary/aromatic N) is 3. The number of piperazine rings is 1. The molecule has 1 aliphatic heterocycles. The zero-order chi connectivity index (χ0) is 19.9. The summed E-state index contributed by atoms with van der Waals surface area (Å²) in [5, 5.41) is 0.983. The zero-order valence-corrected chi connectivity index (χ0v) is 17.5. The Hall–Kier alpha value is -2.31. The lowest BCUT2D eigenvalue weighted by Crippen LogP contribution is -2.48. The van der Waals surface area contributed by atoms with Crippen molar-refractivity contribution in [2.45, 2.75) is 31.7 Å². The summed E-state index contributed by atoms with van der Waals surface area (Å²) in [5.41, 5.74) is 2.88. The summed E-state index contributed by atoms with van der Waals surface area (Å²) >= 11 is 0. The highest BCUT2D eigenvalue weighted by Crippen LogP contribution is 2.31. The van der Waals surface area contributed by atoms with Gasteiger partial charge in [0.25, 0.3) is 10.0 Å². The van der Waals surface area contributed by atoms with Crippen LogP contribution in [0.25, 0.3) is 10.9 Å². The normalized spacial score (nSPS) is 16.2. The zero-order valence-electron chi connectivity index (χ0n) is 16.7. The van der Waals surface area contributed by atoms with Gasteiger partial charge in [-0.25, -0.2) is 12.4 Å². The van der Waals surface area contributed by atoms with Crippen molar-refractivity contribution in [3.63, 3.8) is 0 Å². The maximum Gasteiger partial charge on any atom is 0.268 e. The average Bonchev–Trinajstić information content (AvgIpc) is 3.13. The highest BCUT2D eigenvalue weighted by atomic mass is 32.2. The maximum absolute atomic E-state index is 13.2. The number of anilines is 1. The highest BCUT2D eigenvalue weighted by Gasteiger charge is 2.23. The molecule has 0 aliphatic carbocycles. The van der Waals surface area contributed by atoms with Gasteiger partial charge in [-0.15, -0.1) is 0 Å². The fourth-order valence-electron chi connectivity index (χ4n) is 3.92. The molecule has 0 amide bonds. The Morgan fingerprint density at radius 2 is 1.57 bits per heavy atom. The summed E-state index contributed by atoms with van der Waals surface area (Å²) in [6.07, 6.45) is 1.67. The molecule has 1 fully saturated rings. The van der Waals surface area contributed by atoms with Crippen LogP contribution in [0, 0.1) is 6.92 Å². The summed E-state index contributed by atoms with van der Waals surface area (Å²) in [4.78, 5) is 5.15. The van der Waals surface area contributed by atoms with Gasteiger partial charge in [0.05, 0.1) is 10.4 Å². The fraction of sp³-hybridized carbons (Fsp3) is 0.364. The predicted octanol–water partition coefficient (Wildman–Crippen LogP) is 3.72. The SMILES string of the molecule is Cc1ccc(S(=O)(=O)n2ccc3c(N4CCN(C(C)C)CC4)cccc32)cc1. The van der Waals surface area contributed by atoms with Crippen LogP contribution < -0.4 is 4.90 Å². The van der Waals surface area contributed by atoms with E-state index in [0.717, 1.165) is 48.3 Å². The van der Waals surface area contributed by atoms with Gasteiger partial charge >= 0.3 is 0 Å². The van der Waals surface area contributed by atoms with Gasteiger partial charge < -0.3 is 4.90 Å². The molecule has 0 atom stereocenters. The van der Waals surface area contributed by atoms with Crippen LogP contribution in [0.1, 0.15) is 19.4 Å². The quantitative estimate of drug-likeness (QED) is 0.673.